The Morgan fingerprint density at radius 1 is 1.03 bits per heavy atom. The fourth-order valence-corrected chi connectivity index (χ4v) is 3.32. The van der Waals surface area contributed by atoms with Crippen molar-refractivity contribution in [3.05, 3.63) is 106 Å². The number of H-pyrrole nitrogens is 1. The Balaban J connectivity index is 1.54. The van der Waals surface area contributed by atoms with Gasteiger partial charge in [0.2, 0.25) is 5.95 Å². The molecule has 1 heterocycles. The molecule has 1 aromatic heterocycles. The number of aromatic nitrogens is 2. The Labute approximate surface area is 195 Å². The molecule has 8 heteroatoms. The Bertz CT molecular complexity index is 1450. The molecule has 166 valence electrons. The van der Waals surface area contributed by atoms with Crippen molar-refractivity contribution in [2.45, 2.75) is 0 Å². The van der Waals surface area contributed by atoms with E-state index in [9.17, 15) is 14.9 Å². The maximum atomic E-state index is 12.3. The first-order chi connectivity index (χ1) is 16.6. The largest absolute Gasteiger partial charge is 0.465 e. The topological polar surface area (TPSA) is 120 Å². The molecular formula is C26H19N5O3. The van der Waals surface area contributed by atoms with Crippen molar-refractivity contribution in [3.63, 3.8) is 0 Å². The van der Waals surface area contributed by atoms with Crippen molar-refractivity contribution in [2.75, 3.05) is 12.5 Å². The fourth-order valence-electron chi connectivity index (χ4n) is 3.32. The SMILES string of the molecule is COC(=O)c1ccc(-c2cccc(C=NNc3nc(-c4ccccc4)c(C#N)c(=O)[nH]3)c2)cc1. The van der Waals surface area contributed by atoms with Gasteiger partial charge in [0.25, 0.3) is 5.56 Å². The molecule has 4 aromatic rings. The number of rotatable bonds is 6. The van der Waals surface area contributed by atoms with Crippen molar-refractivity contribution in [2.24, 2.45) is 5.10 Å². The molecule has 3 aromatic carbocycles. The number of nitrogens with zero attached hydrogens (tertiary/aromatic N) is 3. The van der Waals surface area contributed by atoms with Gasteiger partial charge < -0.3 is 4.74 Å². The van der Waals surface area contributed by atoms with Crippen LogP contribution in [-0.2, 0) is 4.74 Å². The van der Waals surface area contributed by atoms with Crippen LogP contribution in [-0.4, -0.2) is 29.3 Å². The molecule has 0 unspecified atom stereocenters. The standard InChI is InChI=1S/C26H19N5O3/c1-34-25(33)20-12-10-18(11-13-20)21-9-5-6-17(14-21)16-28-31-26-29-23(19-7-3-2-4-8-19)22(15-27)24(32)30-26/h2-14,16H,1H3,(H2,29,30,31,32). The average Bonchev–Trinajstić information content (AvgIpc) is 2.88. The van der Waals surface area contributed by atoms with Gasteiger partial charge in [-0.1, -0.05) is 60.7 Å². The quantitative estimate of drug-likeness (QED) is 0.258. The number of hydrogen-bond donors (Lipinski definition) is 2. The minimum atomic E-state index is -0.550. The molecule has 4 rings (SSSR count). The molecule has 8 nitrogen and oxygen atoms in total. The lowest BCUT2D eigenvalue weighted by Gasteiger charge is -2.06. The number of hydrogen-bond acceptors (Lipinski definition) is 7. The molecular weight excluding hydrogens is 430 g/mol. The van der Waals surface area contributed by atoms with Gasteiger partial charge in [-0.15, -0.1) is 0 Å². The number of aromatic amines is 1. The van der Waals surface area contributed by atoms with Crippen LogP contribution in [0.2, 0.25) is 0 Å². The molecule has 0 radical (unpaired) electrons. The monoisotopic (exact) mass is 449 g/mol. The third-order valence-corrected chi connectivity index (χ3v) is 4.99. The summed E-state index contributed by atoms with van der Waals surface area (Å²) in [5, 5.41) is 13.5. The minimum Gasteiger partial charge on any atom is -0.465 e. The Morgan fingerprint density at radius 3 is 2.47 bits per heavy atom. The second-order valence-corrected chi connectivity index (χ2v) is 7.18. The van der Waals surface area contributed by atoms with Gasteiger partial charge in [-0.2, -0.15) is 10.4 Å². The molecule has 0 saturated heterocycles. The predicted octanol–water partition coefficient (Wildman–Crippen LogP) is 4.21. The summed E-state index contributed by atoms with van der Waals surface area (Å²) >= 11 is 0. The van der Waals surface area contributed by atoms with Crippen LogP contribution in [0.5, 0.6) is 0 Å². The first-order valence-corrected chi connectivity index (χ1v) is 10.3. The van der Waals surface area contributed by atoms with Crippen LogP contribution in [0.15, 0.2) is 88.8 Å². The van der Waals surface area contributed by atoms with E-state index in [0.29, 0.717) is 11.1 Å². The summed E-state index contributed by atoms with van der Waals surface area (Å²) in [5.41, 5.74) is 6.20. The molecule has 2 N–H and O–H groups in total. The number of anilines is 1. The molecule has 0 bridgehead atoms. The van der Waals surface area contributed by atoms with Gasteiger partial charge in [-0.3, -0.25) is 9.78 Å². The van der Waals surface area contributed by atoms with Crippen molar-refractivity contribution in [1.29, 1.82) is 5.26 Å². The maximum Gasteiger partial charge on any atom is 0.337 e. The van der Waals surface area contributed by atoms with E-state index in [1.807, 2.05) is 48.5 Å². The van der Waals surface area contributed by atoms with Crippen LogP contribution < -0.4 is 11.0 Å². The van der Waals surface area contributed by atoms with E-state index in [-0.39, 0.29) is 23.2 Å². The van der Waals surface area contributed by atoms with Gasteiger partial charge >= 0.3 is 5.97 Å². The van der Waals surface area contributed by atoms with E-state index in [4.69, 9.17) is 4.74 Å². The number of carbonyl (C=O) groups is 1. The van der Waals surface area contributed by atoms with Gasteiger partial charge in [0, 0.05) is 5.56 Å². The number of ether oxygens (including phenoxy) is 1. The smallest absolute Gasteiger partial charge is 0.337 e. The van der Waals surface area contributed by atoms with Crippen LogP contribution in [0.3, 0.4) is 0 Å². The fraction of sp³-hybridized carbons (Fsp3) is 0.0385. The Hall–Kier alpha value is -5.03. The Kier molecular flexibility index (Phi) is 6.56. The van der Waals surface area contributed by atoms with Gasteiger partial charge in [-0.25, -0.2) is 15.2 Å². The highest BCUT2D eigenvalue weighted by atomic mass is 16.5. The van der Waals surface area contributed by atoms with Crippen molar-refractivity contribution in [1.82, 2.24) is 9.97 Å². The summed E-state index contributed by atoms with van der Waals surface area (Å²) in [6.07, 6.45) is 1.59. The van der Waals surface area contributed by atoms with Crippen LogP contribution in [0.1, 0.15) is 21.5 Å². The lowest BCUT2D eigenvalue weighted by Crippen LogP contribution is -2.16. The van der Waals surface area contributed by atoms with E-state index < -0.39 is 5.56 Å². The summed E-state index contributed by atoms with van der Waals surface area (Å²) in [6, 6.07) is 25.7. The molecule has 34 heavy (non-hydrogen) atoms. The van der Waals surface area contributed by atoms with Crippen LogP contribution in [0, 0.1) is 11.3 Å². The molecule has 0 fully saturated rings. The summed E-state index contributed by atoms with van der Waals surface area (Å²) in [7, 11) is 1.35. The lowest BCUT2D eigenvalue weighted by atomic mass is 10.0. The number of carbonyl (C=O) groups excluding carboxylic acids is 1. The zero-order chi connectivity index (χ0) is 23.9. The third-order valence-electron chi connectivity index (χ3n) is 4.99. The van der Waals surface area contributed by atoms with Crippen molar-refractivity contribution >= 4 is 18.1 Å². The van der Waals surface area contributed by atoms with Gasteiger partial charge in [0.15, 0.2) is 0 Å². The highest BCUT2D eigenvalue weighted by molar-refractivity contribution is 5.90. The summed E-state index contributed by atoms with van der Waals surface area (Å²) in [5.74, 6) is -0.267. The number of methoxy groups -OCH3 is 1. The molecule has 0 aliphatic carbocycles. The summed E-state index contributed by atoms with van der Waals surface area (Å²) in [4.78, 5) is 30.9. The zero-order valence-electron chi connectivity index (χ0n) is 18.1. The van der Waals surface area contributed by atoms with Crippen LogP contribution in [0.25, 0.3) is 22.4 Å². The molecule has 0 aliphatic rings. The first kappa shape index (κ1) is 22.2. The third kappa shape index (κ3) is 4.89. The normalized spacial score (nSPS) is 10.6. The summed E-state index contributed by atoms with van der Waals surface area (Å²) < 4.78 is 4.73. The van der Waals surface area contributed by atoms with Crippen LogP contribution >= 0.6 is 0 Å². The number of benzene rings is 3. The second kappa shape index (κ2) is 10.1. The summed E-state index contributed by atoms with van der Waals surface area (Å²) in [6.45, 7) is 0. The zero-order valence-corrected chi connectivity index (χ0v) is 18.1. The number of hydrazone groups is 1. The maximum absolute atomic E-state index is 12.3. The Morgan fingerprint density at radius 2 is 1.76 bits per heavy atom. The average molecular weight is 449 g/mol. The molecule has 0 aliphatic heterocycles. The van der Waals surface area contributed by atoms with E-state index in [1.165, 1.54) is 7.11 Å². The first-order valence-electron chi connectivity index (χ1n) is 10.3. The van der Waals surface area contributed by atoms with Crippen molar-refractivity contribution in [3.8, 4) is 28.5 Å². The second-order valence-electron chi connectivity index (χ2n) is 7.18. The number of nitrogens with one attached hydrogen (secondary N) is 2. The van der Waals surface area contributed by atoms with Gasteiger partial charge in [0.05, 0.1) is 24.6 Å². The minimum absolute atomic E-state index is 0.0633. The lowest BCUT2D eigenvalue weighted by molar-refractivity contribution is 0.0600. The highest BCUT2D eigenvalue weighted by Gasteiger charge is 2.13. The predicted molar refractivity (Wildman–Crippen MR) is 129 cm³/mol. The van der Waals surface area contributed by atoms with E-state index in [2.05, 4.69) is 20.5 Å². The molecule has 0 amide bonds. The van der Waals surface area contributed by atoms with Crippen molar-refractivity contribution < 1.29 is 9.53 Å². The molecule has 0 atom stereocenters. The van der Waals surface area contributed by atoms with Crippen LogP contribution in [0.4, 0.5) is 5.95 Å². The molecule has 0 spiro atoms. The molecule has 0 saturated carbocycles. The van der Waals surface area contributed by atoms with Gasteiger partial charge in [-0.05, 0) is 34.9 Å². The van der Waals surface area contributed by atoms with E-state index in [0.717, 1.165) is 16.7 Å². The van der Waals surface area contributed by atoms with E-state index in [1.54, 1.807) is 42.6 Å². The number of nitriles is 1. The highest BCUT2D eigenvalue weighted by Crippen LogP contribution is 2.21. The van der Waals surface area contributed by atoms with Gasteiger partial charge in [0.1, 0.15) is 11.6 Å². The van der Waals surface area contributed by atoms with E-state index >= 15 is 0 Å². The number of esters is 1.